The van der Waals surface area contributed by atoms with Crippen molar-refractivity contribution in [2.45, 2.75) is 19.1 Å². The van der Waals surface area contributed by atoms with Crippen LogP contribution >= 0.6 is 0 Å². The maximum absolute atomic E-state index is 11.9. The Morgan fingerprint density at radius 2 is 2.24 bits per heavy atom. The number of aryl methyl sites for hydroxylation is 1. The maximum atomic E-state index is 11.9. The first-order valence-electron chi connectivity index (χ1n) is 6.09. The van der Waals surface area contributed by atoms with E-state index in [0.29, 0.717) is 11.3 Å². The van der Waals surface area contributed by atoms with E-state index in [1.165, 1.54) is 28.0 Å². The van der Waals surface area contributed by atoms with Crippen molar-refractivity contribution in [1.82, 2.24) is 30.1 Å². The molecule has 0 bridgehead atoms. The molecule has 4 N–H and O–H groups in total. The molecule has 2 aromatic heterocycles. The van der Waals surface area contributed by atoms with Crippen LogP contribution in [0.2, 0.25) is 0 Å². The van der Waals surface area contributed by atoms with E-state index in [-0.39, 0.29) is 13.1 Å². The molecule has 0 aliphatic heterocycles. The van der Waals surface area contributed by atoms with E-state index in [0.717, 1.165) is 0 Å². The third kappa shape index (κ3) is 3.63. The molecule has 0 aromatic carbocycles. The molecule has 2 rings (SSSR count). The molecule has 1 atom stereocenters. The van der Waals surface area contributed by atoms with Crippen LogP contribution in [0.3, 0.4) is 0 Å². The number of nitrogens with zero attached hydrogens (tertiary/aromatic N) is 5. The van der Waals surface area contributed by atoms with E-state index in [1.54, 1.807) is 7.05 Å². The highest BCUT2D eigenvalue weighted by Gasteiger charge is 2.23. The second-order valence-corrected chi connectivity index (χ2v) is 4.40. The SMILES string of the molecule is Cn1cc(C(NC(=O)Cn2cc(CN)nn2)C(=O)O)cn1. The zero-order valence-corrected chi connectivity index (χ0v) is 11.3. The molecule has 0 aliphatic rings. The average Bonchev–Trinajstić information content (AvgIpc) is 3.04. The monoisotopic (exact) mass is 293 g/mol. The molecule has 0 radical (unpaired) electrons. The van der Waals surface area contributed by atoms with Crippen molar-refractivity contribution in [3.8, 4) is 0 Å². The van der Waals surface area contributed by atoms with Crippen LogP contribution in [0.25, 0.3) is 0 Å². The minimum Gasteiger partial charge on any atom is -0.479 e. The molecule has 0 saturated carbocycles. The number of carbonyl (C=O) groups is 2. The van der Waals surface area contributed by atoms with Crippen molar-refractivity contribution >= 4 is 11.9 Å². The van der Waals surface area contributed by atoms with Crippen molar-refractivity contribution in [3.05, 3.63) is 29.8 Å². The Bertz CT molecular complexity index is 648. The van der Waals surface area contributed by atoms with Crippen LogP contribution in [0, 0.1) is 0 Å². The molecule has 2 aromatic rings. The fourth-order valence-electron chi connectivity index (χ4n) is 1.74. The number of carbonyl (C=O) groups excluding carboxylic acids is 1. The zero-order valence-electron chi connectivity index (χ0n) is 11.3. The van der Waals surface area contributed by atoms with Gasteiger partial charge in [-0.15, -0.1) is 5.10 Å². The third-order valence-electron chi connectivity index (χ3n) is 2.71. The molecular weight excluding hydrogens is 278 g/mol. The van der Waals surface area contributed by atoms with E-state index in [4.69, 9.17) is 5.73 Å². The van der Waals surface area contributed by atoms with Gasteiger partial charge in [0.05, 0.1) is 18.1 Å². The molecule has 0 saturated heterocycles. The fraction of sp³-hybridized carbons (Fsp3) is 0.364. The smallest absolute Gasteiger partial charge is 0.331 e. The predicted molar refractivity (Wildman–Crippen MR) is 69.6 cm³/mol. The Morgan fingerprint density at radius 3 is 2.76 bits per heavy atom. The number of nitrogens with one attached hydrogen (secondary N) is 1. The Hall–Kier alpha value is -2.75. The Kier molecular flexibility index (Phi) is 4.28. The number of hydrogen-bond donors (Lipinski definition) is 3. The van der Waals surface area contributed by atoms with Crippen LogP contribution in [-0.4, -0.2) is 41.8 Å². The lowest BCUT2D eigenvalue weighted by Crippen LogP contribution is -2.35. The highest BCUT2D eigenvalue weighted by Crippen LogP contribution is 2.11. The molecule has 0 fully saturated rings. The lowest BCUT2D eigenvalue weighted by molar-refractivity contribution is -0.142. The van der Waals surface area contributed by atoms with E-state index < -0.39 is 17.9 Å². The summed E-state index contributed by atoms with van der Waals surface area (Å²) in [4.78, 5) is 23.1. The standard InChI is InChI=1S/C11H15N7O3/c1-17-4-7(3-13-17)10(11(20)21)14-9(19)6-18-5-8(2-12)15-16-18/h3-5,10H,2,6,12H2,1H3,(H,14,19)(H,20,21). The first-order valence-corrected chi connectivity index (χ1v) is 6.09. The summed E-state index contributed by atoms with van der Waals surface area (Å²) >= 11 is 0. The fourth-order valence-corrected chi connectivity index (χ4v) is 1.74. The van der Waals surface area contributed by atoms with Gasteiger partial charge in [-0.2, -0.15) is 5.10 Å². The number of nitrogens with two attached hydrogens (primary N) is 1. The van der Waals surface area contributed by atoms with Crippen LogP contribution in [0.4, 0.5) is 0 Å². The molecular formula is C11H15N7O3. The number of hydrogen-bond acceptors (Lipinski definition) is 6. The van der Waals surface area contributed by atoms with Gasteiger partial charge >= 0.3 is 5.97 Å². The van der Waals surface area contributed by atoms with Gasteiger partial charge in [-0.25, -0.2) is 9.48 Å². The van der Waals surface area contributed by atoms with Crippen LogP contribution in [-0.2, 0) is 29.7 Å². The van der Waals surface area contributed by atoms with E-state index in [9.17, 15) is 14.7 Å². The molecule has 1 unspecified atom stereocenters. The first-order chi connectivity index (χ1) is 9.99. The van der Waals surface area contributed by atoms with Crippen LogP contribution in [0.1, 0.15) is 17.3 Å². The van der Waals surface area contributed by atoms with Gasteiger partial charge in [0.1, 0.15) is 6.54 Å². The molecule has 1 amide bonds. The number of amides is 1. The van der Waals surface area contributed by atoms with Crippen molar-refractivity contribution in [2.24, 2.45) is 12.8 Å². The quantitative estimate of drug-likeness (QED) is 0.583. The molecule has 2 heterocycles. The maximum Gasteiger partial charge on any atom is 0.331 e. The van der Waals surface area contributed by atoms with Gasteiger partial charge in [0.15, 0.2) is 6.04 Å². The minimum atomic E-state index is -1.17. The Balaban J connectivity index is 2.03. The first kappa shape index (κ1) is 14.7. The lowest BCUT2D eigenvalue weighted by atomic mass is 10.1. The summed E-state index contributed by atoms with van der Waals surface area (Å²) in [5.41, 5.74) is 6.32. The Labute approximate surface area is 119 Å². The van der Waals surface area contributed by atoms with Crippen LogP contribution in [0.5, 0.6) is 0 Å². The van der Waals surface area contributed by atoms with E-state index in [2.05, 4.69) is 20.7 Å². The van der Waals surface area contributed by atoms with Crippen molar-refractivity contribution in [1.29, 1.82) is 0 Å². The van der Waals surface area contributed by atoms with Gasteiger partial charge in [0.2, 0.25) is 5.91 Å². The van der Waals surface area contributed by atoms with E-state index >= 15 is 0 Å². The lowest BCUT2D eigenvalue weighted by Gasteiger charge is -2.12. The van der Waals surface area contributed by atoms with Gasteiger partial charge in [0.25, 0.3) is 0 Å². The van der Waals surface area contributed by atoms with Gasteiger partial charge < -0.3 is 16.2 Å². The molecule has 21 heavy (non-hydrogen) atoms. The molecule has 0 spiro atoms. The predicted octanol–water partition coefficient (Wildman–Crippen LogP) is -1.59. The van der Waals surface area contributed by atoms with Crippen LogP contribution in [0.15, 0.2) is 18.6 Å². The number of aliphatic carboxylic acids is 1. The van der Waals surface area contributed by atoms with Gasteiger partial charge in [-0.3, -0.25) is 9.48 Å². The minimum absolute atomic E-state index is 0.142. The second-order valence-electron chi connectivity index (χ2n) is 4.40. The van der Waals surface area contributed by atoms with Crippen molar-refractivity contribution < 1.29 is 14.7 Å². The highest BCUT2D eigenvalue weighted by atomic mass is 16.4. The Morgan fingerprint density at radius 1 is 1.48 bits per heavy atom. The van der Waals surface area contributed by atoms with Crippen molar-refractivity contribution in [2.75, 3.05) is 0 Å². The van der Waals surface area contributed by atoms with Gasteiger partial charge in [0, 0.05) is 25.4 Å². The second kappa shape index (κ2) is 6.13. The van der Waals surface area contributed by atoms with Gasteiger partial charge in [-0.1, -0.05) is 5.21 Å². The molecule has 0 aliphatic carbocycles. The number of aromatic nitrogens is 5. The normalized spacial score (nSPS) is 12.1. The average molecular weight is 293 g/mol. The number of carboxylic acid groups (broad SMARTS) is 1. The molecule has 10 heteroatoms. The summed E-state index contributed by atoms with van der Waals surface area (Å²) in [7, 11) is 1.66. The molecule has 10 nitrogen and oxygen atoms in total. The van der Waals surface area contributed by atoms with Crippen molar-refractivity contribution in [3.63, 3.8) is 0 Å². The summed E-state index contributed by atoms with van der Waals surface area (Å²) in [5.74, 6) is -1.67. The summed E-state index contributed by atoms with van der Waals surface area (Å²) in [5, 5.41) is 22.9. The third-order valence-corrected chi connectivity index (χ3v) is 2.71. The van der Waals surface area contributed by atoms with Gasteiger partial charge in [-0.05, 0) is 0 Å². The van der Waals surface area contributed by atoms with E-state index in [1.807, 2.05) is 0 Å². The zero-order chi connectivity index (χ0) is 15.4. The number of carboxylic acids is 1. The summed E-state index contributed by atoms with van der Waals surface area (Å²) in [6.07, 6.45) is 4.45. The molecule has 112 valence electrons. The number of rotatable bonds is 6. The summed E-state index contributed by atoms with van der Waals surface area (Å²) in [6, 6.07) is -1.16. The largest absolute Gasteiger partial charge is 0.479 e. The van der Waals surface area contributed by atoms with Crippen LogP contribution < -0.4 is 11.1 Å². The highest BCUT2D eigenvalue weighted by molar-refractivity contribution is 5.84. The summed E-state index contributed by atoms with van der Waals surface area (Å²) < 4.78 is 2.75. The topological polar surface area (TPSA) is 141 Å². The summed E-state index contributed by atoms with van der Waals surface area (Å²) in [6.45, 7) is 0.0755.